The average molecular weight is 300 g/mol. The molecule has 0 aliphatic carbocycles. The maximum atomic E-state index is 13.8. The van der Waals surface area contributed by atoms with Crippen LogP contribution in [0.25, 0.3) is 0 Å². The zero-order valence-corrected chi connectivity index (χ0v) is 12.4. The van der Waals surface area contributed by atoms with Gasteiger partial charge in [-0.05, 0) is 24.6 Å². The maximum absolute atomic E-state index is 13.8. The van der Waals surface area contributed by atoms with Gasteiger partial charge >= 0.3 is 0 Å². The van der Waals surface area contributed by atoms with Gasteiger partial charge in [0.15, 0.2) is 0 Å². The van der Waals surface area contributed by atoms with Crippen molar-refractivity contribution in [1.29, 1.82) is 5.26 Å². The van der Waals surface area contributed by atoms with Gasteiger partial charge in [-0.15, -0.1) is 0 Å². The Kier molecular flexibility index (Phi) is 4.07. The number of nitrogens with zero attached hydrogens (tertiary/aromatic N) is 4. The van der Waals surface area contributed by atoms with Crippen LogP contribution in [-0.2, 0) is 11.3 Å². The summed E-state index contributed by atoms with van der Waals surface area (Å²) in [7, 11) is 0. The van der Waals surface area contributed by atoms with E-state index in [1.54, 1.807) is 18.3 Å². The Labute approximate surface area is 128 Å². The summed E-state index contributed by atoms with van der Waals surface area (Å²) in [5.74, 6) is -0.481. The lowest BCUT2D eigenvalue weighted by Crippen LogP contribution is -2.44. The third-order valence-corrected chi connectivity index (χ3v) is 3.74. The predicted molar refractivity (Wildman–Crippen MR) is 80.0 cm³/mol. The molecule has 1 fully saturated rings. The van der Waals surface area contributed by atoms with E-state index in [1.807, 2.05) is 28.8 Å². The van der Waals surface area contributed by atoms with Gasteiger partial charge in [0.2, 0.25) is 0 Å². The molecule has 1 atom stereocenters. The topological polar surface area (TPSA) is 54.1 Å². The number of halogens is 1. The Bertz CT molecular complexity index is 706. The third kappa shape index (κ3) is 2.95. The van der Waals surface area contributed by atoms with Crippen LogP contribution in [0.3, 0.4) is 0 Å². The molecule has 114 valence electrons. The number of anilines is 1. The zero-order chi connectivity index (χ0) is 15.5. The summed E-state index contributed by atoms with van der Waals surface area (Å²) < 4.78 is 21.4. The minimum Gasteiger partial charge on any atom is -0.373 e. The molecule has 0 unspecified atom stereocenters. The Hall–Kier alpha value is -2.39. The SMILES string of the molecule is Cc1cnn(C[C@H]2CN(c3cccc(F)c3C#N)CCO2)c1. The number of rotatable bonds is 3. The van der Waals surface area contributed by atoms with Crippen LogP contribution in [0.1, 0.15) is 11.1 Å². The van der Waals surface area contributed by atoms with Gasteiger partial charge in [-0.1, -0.05) is 6.07 Å². The van der Waals surface area contributed by atoms with Gasteiger partial charge in [-0.2, -0.15) is 10.4 Å². The summed E-state index contributed by atoms with van der Waals surface area (Å²) in [5.41, 5.74) is 1.83. The molecule has 2 aromatic rings. The quantitative estimate of drug-likeness (QED) is 0.871. The lowest BCUT2D eigenvalue weighted by molar-refractivity contribution is 0.0274. The molecule has 0 spiro atoms. The van der Waals surface area contributed by atoms with E-state index in [-0.39, 0.29) is 11.7 Å². The summed E-state index contributed by atoms with van der Waals surface area (Å²) in [6, 6.07) is 6.68. The lowest BCUT2D eigenvalue weighted by Gasteiger charge is -2.35. The first-order valence-electron chi connectivity index (χ1n) is 7.21. The first-order valence-corrected chi connectivity index (χ1v) is 7.21. The molecule has 1 aromatic carbocycles. The predicted octanol–water partition coefficient (Wildman–Crippen LogP) is 2.11. The Balaban J connectivity index is 1.76. The van der Waals surface area contributed by atoms with E-state index in [2.05, 4.69) is 5.10 Å². The van der Waals surface area contributed by atoms with Crippen LogP contribution in [0, 0.1) is 24.1 Å². The van der Waals surface area contributed by atoms with Gasteiger partial charge < -0.3 is 9.64 Å². The van der Waals surface area contributed by atoms with Crippen molar-refractivity contribution in [2.45, 2.75) is 19.6 Å². The smallest absolute Gasteiger partial charge is 0.143 e. The number of nitriles is 1. The van der Waals surface area contributed by atoms with E-state index in [0.29, 0.717) is 31.9 Å². The third-order valence-electron chi connectivity index (χ3n) is 3.74. The van der Waals surface area contributed by atoms with E-state index >= 15 is 0 Å². The van der Waals surface area contributed by atoms with Gasteiger partial charge in [0, 0.05) is 19.3 Å². The molecule has 0 saturated carbocycles. The molecule has 2 heterocycles. The Morgan fingerprint density at radius 3 is 3.09 bits per heavy atom. The second kappa shape index (κ2) is 6.16. The summed E-state index contributed by atoms with van der Waals surface area (Å²) in [6.07, 6.45) is 3.73. The van der Waals surface area contributed by atoms with E-state index < -0.39 is 5.82 Å². The maximum Gasteiger partial charge on any atom is 0.143 e. The first kappa shape index (κ1) is 14.5. The van der Waals surface area contributed by atoms with Crippen LogP contribution in [-0.4, -0.2) is 35.6 Å². The monoisotopic (exact) mass is 300 g/mol. The summed E-state index contributed by atoms with van der Waals surface area (Å²) in [5, 5.41) is 13.4. The largest absolute Gasteiger partial charge is 0.373 e. The van der Waals surface area contributed by atoms with Crippen molar-refractivity contribution in [2.24, 2.45) is 0 Å². The molecule has 1 aliphatic heterocycles. The molecule has 0 radical (unpaired) electrons. The van der Waals surface area contributed by atoms with E-state index in [4.69, 9.17) is 4.74 Å². The van der Waals surface area contributed by atoms with Crippen LogP contribution in [0.15, 0.2) is 30.6 Å². The number of hydrogen-bond acceptors (Lipinski definition) is 4. The van der Waals surface area contributed by atoms with Crippen LogP contribution >= 0.6 is 0 Å². The number of aryl methyl sites for hydroxylation is 1. The zero-order valence-electron chi connectivity index (χ0n) is 12.4. The fourth-order valence-electron chi connectivity index (χ4n) is 2.71. The first-order chi connectivity index (χ1) is 10.7. The summed E-state index contributed by atoms with van der Waals surface area (Å²) in [4.78, 5) is 2.01. The van der Waals surface area contributed by atoms with Gasteiger partial charge in [-0.25, -0.2) is 4.39 Å². The standard InChI is InChI=1S/C16H17FN4O/c1-12-8-19-21(9-12)11-13-10-20(5-6-22-13)16-4-2-3-15(17)14(16)7-18/h2-4,8-9,13H,5-6,10-11H2,1H3/t13-/m1/s1. The van der Waals surface area contributed by atoms with Crippen LogP contribution < -0.4 is 4.90 Å². The van der Waals surface area contributed by atoms with Crippen molar-refractivity contribution in [1.82, 2.24) is 9.78 Å². The van der Waals surface area contributed by atoms with E-state index in [9.17, 15) is 9.65 Å². The highest BCUT2D eigenvalue weighted by atomic mass is 19.1. The molecule has 22 heavy (non-hydrogen) atoms. The van der Waals surface area contributed by atoms with E-state index in [0.717, 1.165) is 5.56 Å². The van der Waals surface area contributed by atoms with Crippen molar-refractivity contribution in [3.8, 4) is 6.07 Å². The van der Waals surface area contributed by atoms with Crippen molar-refractivity contribution < 1.29 is 9.13 Å². The summed E-state index contributed by atoms with van der Waals surface area (Å²) >= 11 is 0. The van der Waals surface area contributed by atoms with Crippen molar-refractivity contribution in [2.75, 3.05) is 24.6 Å². The van der Waals surface area contributed by atoms with Crippen LogP contribution in [0.2, 0.25) is 0 Å². The molecule has 1 saturated heterocycles. The molecule has 0 amide bonds. The minimum absolute atomic E-state index is 0.0390. The molecule has 1 aromatic heterocycles. The van der Waals surface area contributed by atoms with Gasteiger partial charge in [0.25, 0.3) is 0 Å². The van der Waals surface area contributed by atoms with Crippen LogP contribution in [0.4, 0.5) is 10.1 Å². The highest BCUT2D eigenvalue weighted by Gasteiger charge is 2.24. The number of hydrogen-bond donors (Lipinski definition) is 0. The minimum atomic E-state index is -0.481. The Morgan fingerprint density at radius 2 is 2.36 bits per heavy atom. The molecule has 6 heteroatoms. The Morgan fingerprint density at radius 1 is 1.50 bits per heavy atom. The highest BCUT2D eigenvalue weighted by Crippen LogP contribution is 2.24. The second-order valence-corrected chi connectivity index (χ2v) is 5.42. The lowest BCUT2D eigenvalue weighted by atomic mass is 10.1. The molecule has 0 N–H and O–H groups in total. The fraction of sp³-hybridized carbons (Fsp3) is 0.375. The molecular weight excluding hydrogens is 283 g/mol. The molecule has 1 aliphatic rings. The van der Waals surface area contributed by atoms with Gasteiger partial charge in [0.05, 0.1) is 31.1 Å². The fourth-order valence-corrected chi connectivity index (χ4v) is 2.71. The molecule has 3 rings (SSSR count). The van der Waals surface area contributed by atoms with Gasteiger partial charge in [-0.3, -0.25) is 4.68 Å². The van der Waals surface area contributed by atoms with Crippen molar-refractivity contribution in [3.63, 3.8) is 0 Å². The summed E-state index contributed by atoms with van der Waals surface area (Å²) in [6.45, 7) is 4.43. The van der Waals surface area contributed by atoms with Gasteiger partial charge in [0.1, 0.15) is 17.4 Å². The molecular formula is C16H17FN4O. The number of benzene rings is 1. The normalized spacial score (nSPS) is 18.2. The average Bonchev–Trinajstić information content (AvgIpc) is 2.92. The van der Waals surface area contributed by atoms with Crippen LogP contribution in [0.5, 0.6) is 0 Å². The molecule has 0 bridgehead atoms. The number of aromatic nitrogens is 2. The molecule has 5 nitrogen and oxygen atoms in total. The number of ether oxygens (including phenoxy) is 1. The van der Waals surface area contributed by atoms with Crippen molar-refractivity contribution >= 4 is 5.69 Å². The van der Waals surface area contributed by atoms with E-state index in [1.165, 1.54) is 6.07 Å². The highest BCUT2D eigenvalue weighted by molar-refractivity contribution is 5.60. The second-order valence-electron chi connectivity index (χ2n) is 5.42. The number of morpholine rings is 1. The van der Waals surface area contributed by atoms with Crippen molar-refractivity contribution in [3.05, 3.63) is 47.5 Å².